The van der Waals surface area contributed by atoms with Crippen molar-refractivity contribution in [3.8, 4) is 0 Å². The van der Waals surface area contributed by atoms with Crippen molar-refractivity contribution >= 4 is 5.90 Å². The molecule has 3 rings (SSSR count). The lowest BCUT2D eigenvalue weighted by Crippen LogP contribution is -2.06. The molecule has 0 bridgehead atoms. The van der Waals surface area contributed by atoms with Crippen LogP contribution < -0.4 is 0 Å². The lowest BCUT2D eigenvalue weighted by Gasteiger charge is -2.07. The van der Waals surface area contributed by atoms with E-state index in [1.807, 2.05) is 23.7 Å². The molecule has 2 heterocycles. The van der Waals surface area contributed by atoms with Crippen LogP contribution in [0, 0.1) is 13.8 Å². The SMILES string of the molecule is Cc1cc(C)n(Cc2cccc(C3=NCCO3)c2)n1. The molecule has 0 amide bonds. The Bertz CT molecular complexity index is 628. The Morgan fingerprint density at radius 1 is 1.26 bits per heavy atom. The molecule has 0 radical (unpaired) electrons. The zero-order chi connectivity index (χ0) is 13.2. The molecule has 2 aromatic rings. The molecular weight excluding hydrogens is 238 g/mol. The van der Waals surface area contributed by atoms with Crippen LogP contribution in [0.1, 0.15) is 22.5 Å². The number of hydrogen-bond donors (Lipinski definition) is 0. The van der Waals surface area contributed by atoms with Crippen LogP contribution in [0.4, 0.5) is 0 Å². The highest BCUT2D eigenvalue weighted by atomic mass is 16.5. The minimum absolute atomic E-state index is 0.691. The van der Waals surface area contributed by atoms with E-state index in [9.17, 15) is 0 Å². The van der Waals surface area contributed by atoms with E-state index in [2.05, 4.69) is 35.2 Å². The zero-order valence-corrected chi connectivity index (χ0v) is 11.3. The van der Waals surface area contributed by atoms with Gasteiger partial charge in [0.2, 0.25) is 5.90 Å². The average molecular weight is 255 g/mol. The van der Waals surface area contributed by atoms with Crippen molar-refractivity contribution in [2.75, 3.05) is 13.2 Å². The number of aliphatic imine (C=N–C) groups is 1. The summed E-state index contributed by atoms with van der Waals surface area (Å²) in [5, 5.41) is 4.49. The summed E-state index contributed by atoms with van der Waals surface area (Å²) >= 11 is 0. The van der Waals surface area contributed by atoms with Gasteiger partial charge in [0, 0.05) is 11.3 Å². The van der Waals surface area contributed by atoms with Crippen LogP contribution in [0.25, 0.3) is 0 Å². The molecule has 0 spiro atoms. The van der Waals surface area contributed by atoms with Crippen molar-refractivity contribution in [3.63, 3.8) is 0 Å². The normalized spacial score (nSPS) is 14.3. The summed E-state index contributed by atoms with van der Waals surface area (Å²) in [6.45, 7) is 6.32. The fourth-order valence-corrected chi connectivity index (χ4v) is 2.32. The van der Waals surface area contributed by atoms with Crippen molar-refractivity contribution in [3.05, 3.63) is 52.8 Å². The van der Waals surface area contributed by atoms with Gasteiger partial charge in [0.15, 0.2) is 0 Å². The van der Waals surface area contributed by atoms with Crippen LogP contribution in [0.5, 0.6) is 0 Å². The maximum absolute atomic E-state index is 5.50. The molecule has 0 fully saturated rings. The van der Waals surface area contributed by atoms with Crippen molar-refractivity contribution in [2.45, 2.75) is 20.4 Å². The van der Waals surface area contributed by atoms with E-state index in [0.717, 1.165) is 30.2 Å². The molecule has 4 heteroatoms. The van der Waals surface area contributed by atoms with E-state index in [0.29, 0.717) is 6.61 Å². The van der Waals surface area contributed by atoms with Crippen molar-refractivity contribution < 1.29 is 4.74 Å². The monoisotopic (exact) mass is 255 g/mol. The van der Waals surface area contributed by atoms with Gasteiger partial charge in [-0.1, -0.05) is 12.1 Å². The molecule has 0 unspecified atom stereocenters. The number of aromatic nitrogens is 2. The lowest BCUT2D eigenvalue weighted by atomic mass is 10.1. The highest BCUT2D eigenvalue weighted by Gasteiger charge is 2.11. The zero-order valence-electron chi connectivity index (χ0n) is 11.3. The molecule has 0 atom stereocenters. The van der Waals surface area contributed by atoms with Crippen LogP contribution in [-0.2, 0) is 11.3 Å². The third-order valence-corrected chi connectivity index (χ3v) is 3.20. The summed E-state index contributed by atoms with van der Waals surface area (Å²) in [6.07, 6.45) is 0. The number of rotatable bonds is 3. The van der Waals surface area contributed by atoms with Gasteiger partial charge >= 0.3 is 0 Å². The van der Waals surface area contributed by atoms with E-state index in [1.165, 1.54) is 11.3 Å². The van der Waals surface area contributed by atoms with Crippen molar-refractivity contribution in [1.29, 1.82) is 0 Å². The van der Waals surface area contributed by atoms with Gasteiger partial charge in [-0.2, -0.15) is 5.10 Å². The molecule has 1 aromatic heterocycles. The summed E-state index contributed by atoms with van der Waals surface area (Å²) < 4.78 is 7.52. The molecule has 98 valence electrons. The highest BCUT2D eigenvalue weighted by Crippen LogP contribution is 2.12. The van der Waals surface area contributed by atoms with Crippen LogP contribution in [0.2, 0.25) is 0 Å². The first kappa shape index (κ1) is 12.0. The first-order valence-corrected chi connectivity index (χ1v) is 6.50. The third-order valence-electron chi connectivity index (χ3n) is 3.20. The third kappa shape index (κ3) is 2.52. The summed E-state index contributed by atoms with van der Waals surface area (Å²) in [6, 6.07) is 10.4. The Balaban J connectivity index is 1.85. The van der Waals surface area contributed by atoms with Gasteiger partial charge in [0.05, 0.1) is 18.8 Å². The van der Waals surface area contributed by atoms with E-state index in [4.69, 9.17) is 4.74 Å². The van der Waals surface area contributed by atoms with Gasteiger partial charge < -0.3 is 4.74 Å². The molecule has 1 aliphatic heterocycles. The quantitative estimate of drug-likeness (QED) is 0.844. The first-order chi connectivity index (χ1) is 9.22. The smallest absolute Gasteiger partial charge is 0.216 e. The maximum atomic E-state index is 5.50. The van der Waals surface area contributed by atoms with E-state index in [1.54, 1.807) is 0 Å². The van der Waals surface area contributed by atoms with Crippen molar-refractivity contribution in [1.82, 2.24) is 9.78 Å². The number of benzene rings is 1. The highest BCUT2D eigenvalue weighted by molar-refractivity contribution is 5.95. The molecule has 19 heavy (non-hydrogen) atoms. The Kier molecular flexibility index (Phi) is 3.07. The van der Waals surface area contributed by atoms with Gasteiger partial charge in [0.1, 0.15) is 6.61 Å². The second-order valence-electron chi connectivity index (χ2n) is 4.82. The van der Waals surface area contributed by atoms with Gasteiger partial charge in [-0.25, -0.2) is 4.99 Å². The molecular formula is C15H17N3O. The Hall–Kier alpha value is -2.10. The number of hydrogen-bond acceptors (Lipinski definition) is 3. The van der Waals surface area contributed by atoms with Crippen LogP contribution in [0.3, 0.4) is 0 Å². The van der Waals surface area contributed by atoms with E-state index >= 15 is 0 Å². The topological polar surface area (TPSA) is 39.4 Å². The minimum Gasteiger partial charge on any atom is -0.476 e. The molecule has 1 aliphatic rings. The summed E-state index contributed by atoms with van der Waals surface area (Å²) in [4.78, 5) is 4.35. The van der Waals surface area contributed by atoms with E-state index < -0.39 is 0 Å². The summed E-state index contributed by atoms with van der Waals surface area (Å²) in [5.41, 5.74) is 4.49. The molecule has 0 aliphatic carbocycles. The van der Waals surface area contributed by atoms with Gasteiger partial charge in [-0.3, -0.25) is 4.68 Å². The Labute approximate surface area is 112 Å². The fraction of sp³-hybridized carbons (Fsp3) is 0.333. The largest absolute Gasteiger partial charge is 0.476 e. The van der Waals surface area contributed by atoms with E-state index in [-0.39, 0.29) is 0 Å². The maximum Gasteiger partial charge on any atom is 0.216 e. The first-order valence-electron chi connectivity index (χ1n) is 6.50. The second-order valence-corrected chi connectivity index (χ2v) is 4.82. The van der Waals surface area contributed by atoms with Gasteiger partial charge in [-0.05, 0) is 37.6 Å². The van der Waals surface area contributed by atoms with Crippen LogP contribution >= 0.6 is 0 Å². The predicted octanol–water partition coefficient (Wildman–Crippen LogP) is 2.33. The van der Waals surface area contributed by atoms with Crippen LogP contribution in [0.15, 0.2) is 35.3 Å². The number of aryl methyl sites for hydroxylation is 2. The standard InChI is InChI=1S/C15H17N3O/c1-11-8-12(2)18(17-11)10-13-4-3-5-14(9-13)15-16-6-7-19-15/h3-5,8-9H,6-7,10H2,1-2H3. The number of ether oxygens (including phenoxy) is 1. The summed E-state index contributed by atoms with van der Waals surface area (Å²) in [7, 11) is 0. The Morgan fingerprint density at radius 3 is 2.84 bits per heavy atom. The fourth-order valence-electron chi connectivity index (χ4n) is 2.32. The molecule has 0 N–H and O–H groups in total. The van der Waals surface area contributed by atoms with Crippen molar-refractivity contribution in [2.24, 2.45) is 4.99 Å². The Morgan fingerprint density at radius 2 is 2.16 bits per heavy atom. The second kappa shape index (κ2) is 4.88. The minimum atomic E-state index is 0.691. The van der Waals surface area contributed by atoms with Gasteiger partial charge in [0.25, 0.3) is 0 Å². The summed E-state index contributed by atoms with van der Waals surface area (Å²) in [5.74, 6) is 0.759. The van der Waals surface area contributed by atoms with Gasteiger partial charge in [-0.15, -0.1) is 0 Å². The predicted molar refractivity (Wildman–Crippen MR) is 74.6 cm³/mol. The molecule has 0 saturated heterocycles. The molecule has 4 nitrogen and oxygen atoms in total. The van der Waals surface area contributed by atoms with Crippen LogP contribution in [-0.4, -0.2) is 28.8 Å². The molecule has 0 saturated carbocycles. The average Bonchev–Trinajstić information content (AvgIpc) is 3.01. The number of nitrogens with zero attached hydrogens (tertiary/aromatic N) is 3. The lowest BCUT2D eigenvalue weighted by molar-refractivity contribution is 0.348. The molecule has 1 aromatic carbocycles.